The van der Waals surface area contributed by atoms with Gasteiger partial charge in [-0.1, -0.05) is 31.2 Å². The second-order valence-corrected chi connectivity index (χ2v) is 8.00. The van der Waals surface area contributed by atoms with E-state index in [1.807, 2.05) is 19.1 Å². The van der Waals surface area contributed by atoms with Gasteiger partial charge in [-0.2, -0.15) is 0 Å². The number of amides is 1. The number of hydrogen-bond acceptors (Lipinski definition) is 3. The van der Waals surface area contributed by atoms with Crippen LogP contribution in [0.1, 0.15) is 30.9 Å². The molecule has 132 valence electrons. The van der Waals surface area contributed by atoms with Crippen molar-refractivity contribution in [1.82, 2.24) is 5.32 Å². The quantitative estimate of drug-likeness (QED) is 0.799. The zero-order valence-electron chi connectivity index (χ0n) is 14.2. The Kier molecular flexibility index (Phi) is 5.08. The zero-order chi connectivity index (χ0) is 17.9. The molecule has 0 radical (unpaired) electrons. The number of benzene rings is 2. The summed E-state index contributed by atoms with van der Waals surface area (Å²) in [5.41, 5.74) is 2.42. The molecule has 0 aromatic heterocycles. The standard InChI is InChI=1S/C19H22N2O3S/c1-2-14-5-11-18(12-6-14)25(23,24)21-17-7-3-15(4-8-17)13-19(22)20-16-9-10-16/h3-8,11-12,16,21H,2,9-10,13H2,1H3,(H,20,22). The molecule has 0 heterocycles. The van der Waals surface area contributed by atoms with Crippen LogP contribution in [0.4, 0.5) is 5.69 Å². The summed E-state index contributed by atoms with van der Waals surface area (Å²) in [5.74, 6) is 0.00634. The Balaban J connectivity index is 1.63. The van der Waals surface area contributed by atoms with Gasteiger partial charge < -0.3 is 5.32 Å². The van der Waals surface area contributed by atoms with Gasteiger partial charge in [0.15, 0.2) is 0 Å². The molecule has 3 rings (SSSR count). The number of rotatable bonds is 7. The molecule has 1 fully saturated rings. The van der Waals surface area contributed by atoms with Crippen molar-refractivity contribution in [2.24, 2.45) is 0 Å². The van der Waals surface area contributed by atoms with Gasteiger partial charge in [0.2, 0.25) is 5.91 Å². The van der Waals surface area contributed by atoms with Crippen LogP contribution in [0, 0.1) is 0 Å². The van der Waals surface area contributed by atoms with Gasteiger partial charge in [-0.3, -0.25) is 9.52 Å². The molecular weight excluding hydrogens is 336 g/mol. The molecule has 5 nitrogen and oxygen atoms in total. The number of sulfonamides is 1. The van der Waals surface area contributed by atoms with E-state index in [1.165, 1.54) is 0 Å². The fourth-order valence-corrected chi connectivity index (χ4v) is 3.56. The van der Waals surface area contributed by atoms with Gasteiger partial charge in [0, 0.05) is 11.7 Å². The molecule has 2 N–H and O–H groups in total. The second kappa shape index (κ2) is 7.27. The van der Waals surface area contributed by atoms with Gasteiger partial charge in [0.25, 0.3) is 10.0 Å². The first-order valence-corrected chi connectivity index (χ1v) is 9.94. The van der Waals surface area contributed by atoms with Crippen molar-refractivity contribution in [2.45, 2.75) is 43.5 Å². The summed E-state index contributed by atoms with van der Waals surface area (Å²) in [6.45, 7) is 2.02. The van der Waals surface area contributed by atoms with Gasteiger partial charge in [-0.25, -0.2) is 8.42 Å². The molecule has 6 heteroatoms. The van der Waals surface area contributed by atoms with Crippen molar-refractivity contribution in [2.75, 3.05) is 4.72 Å². The largest absolute Gasteiger partial charge is 0.353 e. The molecule has 0 spiro atoms. The minimum Gasteiger partial charge on any atom is -0.353 e. The molecule has 25 heavy (non-hydrogen) atoms. The molecule has 1 aliphatic carbocycles. The van der Waals surface area contributed by atoms with Gasteiger partial charge in [-0.15, -0.1) is 0 Å². The third-order valence-corrected chi connectivity index (χ3v) is 5.55. The highest BCUT2D eigenvalue weighted by molar-refractivity contribution is 7.92. The molecule has 2 aromatic carbocycles. The maximum atomic E-state index is 12.4. The first kappa shape index (κ1) is 17.5. The number of anilines is 1. The maximum Gasteiger partial charge on any atom is 0.261 e. The lowest BCUT2D eigenvalue weighted by molar-refractivity contribution is -0.120. The van der Waals surface area contributed by atoms with Crippen molar-refractivity contribution >= 4 is 21.6 Å². The van der Waals surface area contributed by atoms with Crippen LogP contribution < -0.4 is 10.0 Å². The Bertz CT molecular complexity index is 839. The van der Waals surface area contributed by atoms with E-state index in [0.717, 1.165) is 30.4 Å². The van der Waals surface area contributed by atoms with E-state index in [4.69, 9.17) is 0 Å². The minimum absolute atomic E-state index is 0.00634. The second-order valence-electron chi connectivity index (χ2n) is 6.32. The summed E-state index contributed by atoms with van der Waals surface area (Å²) in [6, 6.07) is 14.1. The van der Waals surface area contributed by atoms with Crippen LogP contribution in [0.3, 0.4) is 0 Å². The highest BCUT2D eigenvalue weighted by Crippen LogP contribution is 2.20. The van der Waals surface area contributed by atoms with Crippen molar-refractivity contribution < 1.29 is 13.2 Å². The predicted molar refractivity (Wildman–Crippen MR) is 97.9 cm³/mol. The Morgan fingerprint density at radius 1 is 1.00 bits per heavy atom. The van der Waals surface area contributed by atoms with Gasteiger partial charge in [-0.05, 0) is 54.7 Å². The normalized spacial score (nSPS) is 14.1. The highest BCUT2D eigenvalue weighted by Gasteiger charge is 2.23. The topological polar surface area (TPSA) is 75.3 Å². The Labute approximate surface area is 148 Å². The molecule has 0 saturated heterocycles. The lowest BCUT2D eigenvalue weighted by atomic mass is 10.1. The summed E-state index contributed by atoms with van der Waals surface area (Å²) >= 11 is 0. The average Bonchev–Trinajstić information content (AvgIpc) is 3.40. The van der Waals surface area contributed by atoms with Gasteiger partial charge in [0.05, 0.1) is 11.3 Å². The van der Waals surface area contributed by atoms with E-state index in [1.54, 1.807) is 36.4 Å². The van der Waals surface area contributed by atoms with Crippen LogP contribution in [-0.4, -0.2) is 20.4 Å². The van der Waals surface area contributed by atoms with Crippen molar-refractivity contribution in [3.63, 3.8) is 0 Å². The molecule has 0 bridgehead atoms. The fraction of sp³-hybridized carbons (Fsp3) is 0.316. The van der Waals surface area contributed by atoms with Crippen LogP contribution in [0.25, 0.3) is 0 Å². The van der Waals surface area contributed by atoms with Crippen LogP contribution in [0.2, 0.25) is 0 Å². The molecule has 0 atom stereocenters. The molecule has 2 aromatic rings. The van der Waals surface area contributed by atoms with Crippen molar-refractivity contribution in [3.8, 4) is 0 Å². The third kappa shape index (κ3) is 4.82. The molecule has 1 amide bonds. The van der Waals surface area contributed by atoms with E-state index in [2.05, 4.69) is 10.0 Å². The average molecular weight is 358 g/mol. The van der Waals surface area contributed by atoms with E-state index in [9.17, 15) is 13.2 Å². The predicted octanol–water partition coefficient (Wildman–Crippen LogP) is 2.87. The van der Waals surface area contributed by atoms with Crippen LogP contribution in [0.5, 0.6) is 0 Å². The van der Waals surface area contributed by atoms with Crippen LogP contribution in [-0.2, 0) is 27.7 Å². The van der Waals surface area contributed by atoms with Crippen LogP contribution in [0.15, 0.2) is 53.4 Å². The van der Waals surface area contributed by atoms with E-state index >= 15 is 0 Å². The Hall–Kier alpha value is -2.34. The van der Waals surface area contributed by atoms with Gasteiger partial charge >= 0.3 is 0 Å². The monoisotopic (exact) mass is 358 g/mol. The number of aryl methyl sites for hydroxylation is 1. The smallest absolute Gasteiger partial charge is 0.261 e. The number of nitrogens with one attached hydrogen (secondary N) is 2. The van der Waals surface area contributed by atoms with E-state index in [0.29, 0.717) is 18.2 Å². The Morgan fingerprint density at radius 3 is 2.16 bits per heavy atom. The molecule has 0 aliphatic heterocycles. The summed E-state index contributed by atoms with van der Waals surface area (Å²) in [5, 5.41) is 2.94. The van der Waals surface area contributed by atoms with Crippen molar-refractivity contribution in [1.29, 1.82) is 0 Å². The summed E-state index contributed by atoms with van der Waals surface area (Å²) < 4.78 is 27.4. The molecular formula is C19H22N2O3S. The Morgan fingerprint density at radius 2 is 1.60 bits per heavy atom. The first-order valence-electron chi connectivity index (χ1n) is 8.46. The molecule has 1 saturated carbocycles. The third-order valence-electron chi connectivity index (χ3n) is 4.16. The van der Waals surface area contributed by atoms with Gasteiger partial charge in [0.1, 0.15) is 0 Å². The fourth-order valence-electron chi connectivity index (χ4n) is 2.50. The van der Waals surface area contributed by atoms with Crippen molar-refractivity contribution in [3.05, 3.63) is 59.7 Å². The summed E-state index contributed by atoms with van der Waals surface area (Å²) in [4.78, 5) is 12.0. The van der Waals surface area contributed by atoms with Crippen LogP contribution >= 0.6 is 0 Å². The highest BCUT2D eigenvalue weighted by atomic mass is 32.2. The lowest BCUT2D eigenvalue weighted by Crippen LogP contribution is -2.26. The molecule has 1 aliphatic rings. The zero-order valence-corrected chi connectivity index (χ0v) is 15.0. The lowest BCUT2D eigenvalue weighted by Gasteiger charge is -2.09. The first-order chi connectivity index (χ1) is 12.0. The van der Waals surface area contributed by atoms with E-state index < -0.39 is 10.0 Å². The summed E-state index contributed by atoms with van der Waals surface area (Å²) in [7, 11) is -3.61. The maximum absolute atomic E-state index is 12.4. The number of hydrogen-bond donors (Lipinski definition) is 2. The number of carbonyl (C=O) groups is 1. The van der Waals surface area contributed by atoms with E-state index in [-0.39, 0.29) is 10.8 Å². The SMILES string of the molecule is CCc1ccc(S(=O)(=O)Nc2ccc(CC(=O)NC3CC3)cc2)cc1. The molecule has 0 unspecified atom stereocenters. The minimum atomic E-state index is -3.61. The summed E-state index contributed by atoms with van der Waals surface area (Å²) in [6.07, 6.45) is 3.29. The number of carbonyl (C=O) groups excluding carboxylic acids is 1.